The van der Waals surface area contributed by atoms with Gasteiger partial charge in [-0.15, -0.1) is 0 Å². The second-order valence-electron chi connectivity index (χ2n) is 3.90. The van der Waals surface area contributed by atoms with Gasteiger partial charge in [0.1, 0.15) is 6.29 Å². The lowest BCUT2D eigenvalue weighted by Crippen LogP contribution is -2.36. The molecule has 1 aliphatic rings. The number of ether oxygens (including phenoxy) is 1. The molecule has 1 rings (SSSR count). The van der Waals surface area contributed by atoms with Crippen molar-refractivity contribution in [1.82, 2.24) is 0 Å². The third kappa shape index (κ3) is 2.78. The molecule has 1 heterocycles. The van der Waals surface area contributed by atoms with Crippen LogP contribution >= 0.6 is 0 Å². The zero-order valence-corrected chi connectivity index (χ0v) is 8.16. The van der Waals surface area contributed by atoms with Gasteiger partial charge in [0.15, 0.2) is 0 Å². The van der Waals surface area contributed by atoms with Crippen LogP contribution in [-0.2, 0) is 9.53 Å². The summed E-state index contributed by atoms with van der Waals surface area (Å²) >= 11 is 0. The van der Waals surface area contributed by atoms with E-state index in [9.17, 15) is 9.90 Å². The second-order valence-corrected chi connectivity index (χ2v) is 3.90. The van der Waals surface area contributed by atoms with Gasteiger partial charge >= 0.3 is 0 Å². The summed E-state index contributed by atoms with van der Waals surface area (Å²) in [7, 11) is 0. The first-order valence-electron chi connectivity index (χ1n) is 4.94. The van der Waals surface area contributed by atoms with Crippen molar-refractivity contribution in [2.45, 2.75) is 38.7 Å². The summed E-state index contributed by atoms with van der Waals surface area (Å²) in [6.45, 7) is 3.15. The van der Waals surface area contributed by atoms with Crippen LogP contribution in [-0.4, -0.2) is 30.7 Å². The fourth-order valence-electron chi connectivity index (χ4n) is 1.79. The molecular weight excluding hydrogens is 168 g/mol. The molecule has 1 N–H and O–H groups in total. The number of hydrogen-bond acceptors (Lipinski definition) is 3. The molecule has 1 fully saturated rings. The van der Waals surface area contributed by atoms with Gasteiger partial charge in [0.05, 0.1) is 18.1 Å². The molecule has 3 heteroatoms. The minimum Gasteiger partial charge on any atom is -0.393 e. The predicted octanol–water partition coefficient (Wildman–Crippen LogP) is 1.14. The monoisotopic (exact) mass is 186 g/mol. The van der Waals surface area contributed by atoms with Gasteiger partial charge in [0, 0.05) is 6.61 Å². The van der Waals surface area contributed by atoms with Crippen LogP contribution in [0.1, 0.15) is 32.6 Å². The molecule has 0 bridgehead atoms. The minimum atomic E-state index is -0.409. The van der Waals surface area contributed by atoms with Gasteiger partial charge in [0.2, 0.25) is 0 Å². The van der Waals surface area contributed by atoms with E-state index in [2.05, 4.69) is 0 Å². The summed E-state index contributed by atoms with van der Waals surface area (Å²) in [5.41, 5.74) is -0.409. The smallest absolute Gasteiger partial charge is 0.128 e. The number of aliphatic hydroxyl groups excluding tert-OH is 1. The van der Waals surface area contributed by atoms with Gasteiger partial charge in [-0.25, -0.2) is 0 Å². The van der Waals surface area contributed by atoms with Gasteiger partial charge in [-0.2, -0.15) is 0 Å². The molecule has 1 saturated heterocycles. The number of rotatable bonds is 4. The maximum absolute atomic E-state index is 10.9. The van der Waals surface area contributed by atoms with Crippen LogP contribution in [0.15, 0.2) is 0 Å². The Morgan fingerprint density at radius 1 is 1.69 bits per heavy atom. The van der Waals surface area contributed by atoms with Crippen molar-refractivity contribution in [1.29, 1.82) is 0 Å². The molecule has 0 aliphatic carbocycles. The van der Waals surface area contributed by atoms with Crippen molar-refractivity contribution in [2.75, 3.05) is 13.2 Å². The summed E-state index contributed by atoms with van der Waals surface area (Å²) < 4.78 is 5.28. The number of carbonyl (C=O) groups is 1. The summed E-state index contributed by atoms with van der Waals surface area (Å²) in [4.78, 5) is 10.9. The third-order valence-corrected chi connectivity index (χ3v) is 2.72. The number of hydrogen-bond donors (Lipinski definition) is 1. The van der Waals surface area contributed by atoms with E-state index in [4.69, 9.17) is 4.74 Å². The molecule has 0 aromatic heterocycles. The minimum absolute atomic E-state index is 0.369. The van der Waals surface area contributed by atoms with Gasteiger partial charge in [-0.05, 0) is 25.7 Å². The molecule has 2 unspecified atom stereocenters. The van der Waals surface area contributed by atoms with Crippen LogP contribution in [0.3, 0.4) is 0 Å². The van der Waals surface area contributed by atoms with E-state index in [1.165, 1.54) is 0 Å². The summed E-state index contributed by atoms with van der Waals surface area (Å²) in [6, 6.07) is 0. The van der Waals surface area contributed by atoms with Crippen molar-refractivity contribution in [3.05, 3.63) is 0 Å². The zero-order valence-electron chi connectivity index (χ0n) is 8.16. The van der Waals surface area contributed by atoms with Crippen LogP contribution in [0.4, 0.5) is 0 Å². The lowest BCUT2D eigenvalue weighted by Gasteiger charge is -2.33. The quantitative estimate of drug-likeness (QED) is 0.670. The highest BCUT2D eigenvalue weighted by Gasteiger charge is 2.34. The number of aliphatic hydroxyl groups is 1. The van der Waals surface area contributed by atoms with Crippen LogP contribution < -0.4 is 0 Å². The maximum Gasteiger partial charge on any atom is 0.128 e. The highest BCUT2D eigenvalue weighted by Crippen LogP contribution is 2.31. The van der Waals surface area contributed by atoms with E-state index >= 15 is 0 Å². The second kappa shape index (κ2) is 4.72. The Morgan fingerprint density at radius 3 is 2.92 bits per heavy atom. The number of carbonyl (C=O) groups excluding carboxylic acids is 1. The third-order valence-electron chi connectivity index (χ3n) is 2.72. The molecule has 0 saturated carbocycles. The Kier molecular flexibility index (Phi) is 3.88. The summed E-state index contributed by atoms with van der Waals surface area (Å²) in [5, 5.41) is 9.49. The molecule has 0 spiro atoms. The molecule has 13 heavy (non-hydrogen) atoms. The largest absolute Gasteiger partial charge is 0.393 e. The van der Waals surface area contributed by atoms with Gasteiger partial charge in [-0.3, -0.25) is 0 Å². The average molecular weight is 186 g/mol. The molecule has 0 aromatic rings. The fraction of sp³-hybridized carbons (Fsp3) is 0.900. The topological polar surface area (TPSA) is 46.5 Å². The van der Waals surface area contributed by atoms with E-state index < -0.39 is 5.41 Å². The van der Waals surface area contributed by atoms with Gasteiger partial charge < -0.3 is 14.6 Å². The van der Waals surface area contributed by atoms with E-state index in [1.54, 1.807) is 0 Å². The van der Waals surface area contributed by atoms with Gasteiger partial charge in [-0.1, -0.05) is 6.92 Å². The number of aldehydes is 1. The normalized spacial score (nSPS) is 31.2. The van der Waals surface area contributed by atoms with E-state index in [0.29, 0.717) is 19.4 Å². The molecule has 3 nitrogen and oxygen atoms in total. The van der Waals surface area contributed by atoms with Gasteiger partial charge in [0.25, 0.3) is 0 Å². The van der Waals surface area contributed by atoms with E-state index in [0.717, 1.165) is 25.7 Å². The lowest BCUT2D eigenvalue weighted by atomic mass is 9.79. The van der Waals surface area contributed by atoms with Crippen LogP contribution in [0.5, 0.6) is 0 Å². The van der Waals surface area contributed by atoms with Crippen molar-refractivity contribution >= 4 is 6.29 Å². The molecule has 76 valence electrons. The highest BCUT2D eigenvalue weighted by molar-refractivity contribution is 5.59. The van der Waals surface area contributed by atoms with Crippen molar-refractivity contribution < 1.29 is 14.6 Å². The fourth-order valence-corrected chi connectivity index (χ4v) is 1.79. The van der Waals surface area contributed by atoms with Crippen LogP contribution in [0.25, 0.3) is 0 Å². The Hall–Kier alpha value is -0.410. The zero-order chi connectivity index (χ0) is 9.73. The average Bonchev–Trinajstić information content (AvgIpc) is 2.19. The van der Waals surface area contributed by atoms with Crippen LogP contribution in [0.2, 0.25) is 0 Å². The highest BCUT2D eigenvalue weighted by atomic mass is 16.5. The first kappa shape index (κ1) is 10.7. The Bertz CT molecular complexity index is 162. The Balaban J connectivity index is 2.52. The van der Waals surface area contributed by atoms with Crippen molar-refractivity contribution in [2.24, 2.45) is 5.41 Å². The molecular formula is C10H18O3. The van der Waals surface area contributed by atoms with E-state index in [-0.39, 0.29) is 6.10 Å². The Morgan fingerprint density at radius 2 is 2.46 bits per heavy atom. The molecule has 0 aromatic carbocycles. The van der Waals surface area contributed by atoms with E-state index in [1.807, 2.05) is 6.92 Å². The van der Waals surface area contributed by atoms with Crippen molar-refractivity contribution in [3.8, 4) is 0 Å². The summed E-state index contributed by atoms with van der Waals surface area (Å²) in [5.74, 6) is 0. The maximum atomic E-state index is 10.9. The molecule has 2 atom stereocenters. The van der Waals surface area contributed by atoms with Crippen LogP contribution in [0, 0.1) is 5.41 Å². The lowest BCUT2D eigenvalue weighted by molar-refractivity contribution is -0.126. The Labute approximate surface area is 79.1 Å². The molecule has 1 aliphatic heterocycles. The standard InChI is InChI=1S/C10H18O3/c1-2-9(12)6-10(7-11)4-3-5-13-8-10/h7,9,12H,2-6,8H2,1H3. The first-order chi connectivity index (χ1) is 6.22. The predicted molar refractivity (Wildman–Crippen MR) is 49.5 cm³/mol. The first-order valence-corrected chi connectivity index (χ1v) is 4.94. The van der Waals surface area contributed by atoms with Crippen molar-refractivity contribution in [3.63, 3.8) is 0 Å². The molecule has 0 radical (unpaired) electrons. The molecule has 0 amide bonds. The summed E-state index contributed by atoms with van der Waals surface area (Å²) in [6.07, 6.45) is 3.63. The SMILES string of the molecule is CCC(O)CC1(C=O)CCCOC1.